The van der Waals surface area contributed by atoms with Crippen molar-refractivity contribution in [1.29, 1.82) is 0 Å². The smallest absolute Gasteiger partial charge is 0.259 e. The number of nitrogens with zero attached hydrogens (tertiary/aromatic N) is 3. The fraction of sp³-hybridized carbons (Fsp3) is 0.143. The highest BCUT2D eigenvalue weighted by Crippen LogP contribution is 2.41. The van der Waals surface area contributed by atoms with Crippen LogP contribution in [0.25, 0.3) is 22.0 Å². The van der Waals surface area contributed by atoms with E-state index in [9.17, 15) is 4.79 Å². The molecule has 3 aromatic heterocycles. The number of aromatic amines is 1. The quantitative estimate of drug-likeness (QED) is 0.430. The number of rotatable bonds is 6. The van der Waals surface area contributed by atoms with Crippen LogP contribution in [-0.2, 0) is 0 Å². The Morgan fingerprint density at radius 3 is 2.29 bits per heavy atom. The van der Waals surface area contributed by atoms with Gasteiger partial charge in [-0.15, -0.1) is 0 Å². The number of anilines is 3. The first-order valence-corrected chi connectivity index (χ1v) is 9.21. The van der Waals surface area contributed by atoms with Crippen molar-refractivity contribution in [1.82, 2.24) is 19.9 Å². The van der Waals surface area contributed by atoms with E-state index in [-0.39, 0.29) is 11.5 Å². The fourth-order valence-corrected chi connectivity index (χ4v) is 3.21. The van der Waals surface area contributed by atoms with Crippen LogP contribution in [0.1, 0.15) is 0 Å². The van der Waals surface area contributed by atoms with Crippen LogP contribution in [-0.4, -0.2) is 41.3 Å². The van der Waals surface area contributed by atoms with Crippen molar-refractivity contribution in [2.24, 2.45) is 0 Å². The number of benzene rings is 1. The van der Waals surface area contributed by atoms with Gasteiger partial charge in [0.2, 0.25) is 11.7 Å². The molecule has 0 radical (unpaired) electrons. The summed E-state index contributed by atoms with van der Waals surface area (Å²) in [5.41, 5.74) is 7.14. The van der Waals surface area contributed by atoms with Crippen LogP contribution in [0.3, 0.4) is 0 Å². The molecule has 3 heterocycles. The molecular weight excluding hydrogens is 400 g/mol. The molecule has 0 spiro atoms. The Kier molecular flexibility index (Phi) is 5.27. The lowest BCUT2D eigenvalue weighted by Gasteiger charge is -2.16. The molecule has 4 rings (SSSR count). The molecular formula is C21H20N6O4. The summed E-state index contributed by atoms with van der Waals surface area (Å²) in [5, 5.41) is 4.29. The first-order chi connectivity index (χ1) is 15.0. The average molecular weight is 420 g/mol. The number of fused-ring (bicyclic) bond motifs is 1. The number of H-pyrrole nitrogens is 1. The molecule has 0 amide bonds. The zero-order valence-electron chi connectivity index (χ0n) is 17.1. The largest absolute Gasteiger partial charge is 0.493 e. The van der Waals surface area contributed by atoms with Gasteiger partial charge in [0.15, 0.2) is 11.5 Å². The van der Waals surface area contributed by atoms with Crippen molar-refractivity contribution >= 4 is 28.2 Å². The summed E-state index contributed by atoms with van der Waals surface area (Å²) in [5.74, 6) is 1.90. The van der Waals surface area contributed by atoms with Crippen molar-refractivity contribution in [2.75, 3.05) is 32.4 Å². The highest BCUT2D eigenvalue weighted by Gasteiger charge is 2.16. The Bertz CT molecular complexity index is 1280. The first-order valence-electron chi connectivity index (χ1n) is 9.21. The van der Waals surface area contributed by atoms with Gasteiger partial charge in [0, 0.05) is 42.0 Å². The van der Waals surface area contributed by atoms with Gasteiger partial charge in [-0.1, -0.05) is 0 Å². The van der Waals surface area contributed by atoms with E-state index in [1.54, 1.807) is 42.9 Å². The van der Waals surface area contributed by atoms with Gasteiger partial charge in [-0.25, -0.2) is 15.0 Å². The lowest BCUT2D eigenvalue weighted by Crippen LogP contribution is -2.09. The van der Waals surface area contributed by atoms with Crippen LogP contribution in [0.15, 0.2) is 47.7 Å². The molecule has 0 aliphatic carbocycles. The standard InChI is InChI=1S/C21H20N6O4/c1-29-15-7-13(8-16(30-2)18(15)31-3)26-19-17-11(4-5-23-20(17)28)6-14(27-19)12-9-24-21(22)25-10-12/h4-10H,1-3H3,(H,23,28)(H,26,27)(H2,22,24,25). The third kappa shape index (κ3) is 3.78. The molecule has 1 aromatic carbocycles. The van der Waals surface area contributed by atoms with E-state index >= 15 is 0 Å². The van der Waals surface area contributed by atoms with Gasteiger partial charge in [-0.2, -0.15) is 0 Å². The molecule has 0 unspecified atom stereocenters. The minimum absolute atomic E-state index is 0.164. The average Bonchev–Trinajstić information content (AvgIpc) is 2.78. The van der Waals surface area contributed by atoms with Gasteiger partial charge in [0.05, 0.1) is 32.4 Å². The highest BCUT2D eigenvalue weighted by atomic mass is 16.5. The van der Waals surface area contributed by atoms with E-state index in [1.807, 2.05) is 0 Å². The van der Waals surface area contributed by atoms with Gasteiger partial charge in [0.25, 0.3) is 5.56 Å². The van der Waals surface area contributed by atoms with Gasteiger partial charge in [0.1, 0.15) is 5.82 Å². The number of nitrogen functional groups attached to an aromatic ring is 1. The maximum Gasteiger partial charge on any atom is 0.259 e. The molecule has 0 atom stereocenters. The van der Waals surface area contributed by atoms with E-state index in [1.165, 1.54) is 21.3 Å². The maximum atomic E-state index is 12.6. The molecule has 10 heteroatoms. The van der Waals surface area contributed by atoms with Gasteiger partial charge >= 0.3 is 0 Å². The molecule has 0 fully saturated rings. The minimum atomic E-state index is -0.278. The summed E-state index contributed by atoms with van der Waals surface area (Å²) >= 11 is 0. The zero-order valence-corrected chi connectivity index (χ0v) is 17.1. The van der Waals surface area contributed by atoms with E-state index in [0.717, 1.165) is 0 Å². The third-order valence-electron chi connectivity index (χ3n) is 4.65. The number of hydrogen-bond acceptors (Lipinski definition) is 9. The van der Waals surface area contributed by atoms with Crippen LogP contribution in [0.4, 0.5) is 17.5 Å². The SMILES string of the molecule is COc1cc(Nc2nc(-c3cnc(N)nc3)cc3cc[nH]c(=O)c23)cc(OC)c1OC. The number of pyridine rings is 2. The van der Waals surface area contributed by atoms with Crippen LogP contribution in [0.2, 0.25) is 0 Å². The minimum Gasteiger partial charge on any atom is -0.493 e. The normalized spacial score (nSPS) is 10.7. The number of hydrogen-bond donors (Lipinski definition) is 3. The Hall–Kier alpha value is -4.34. The highest BCUT2D eigenvalue weighted by molar-refractivity contribution is 5.95. The maximum absolute atomic E-state index is 12.6. The molecule has 0 aliphatic heterocycles. The Balaban J connectivity index is 1.89. The molecule has 4 aromatic rings. The summed E-state index contributed by atoms with van der Waals surface area (Å²) in [6, 6.07) is 7.04. The number of aromatic nitrogens is 4. The zero-order chi connectivity index (χ0) is 22.0. The second kappa shape index (κ2) is 8.19. The predicted octanol–water partition coefficient (Wildman–Crippen LogP) is 2.73. The Labute approximate surface area is 177 Å². The molecule has 158 valence electrons. The molecule has 0 saturated carbocycles. The number of ether oxygens (including phenoxy) is 3. The van der Waals surface area contributed by atoms with Crippen molar-refractivity contribution in [3.8, 4) is 28.5 Å². The van der Waals surface area contributed by atoms with E-state index < -0.39 is 0 Å². The molecule has 0 bridgehead atoms. The summed E-state index contributed by atoms with van der Waals surface area (Å²) < 4.78 is 16.2. The summed E-state index contributed by atoms with van der Waals surface area (Å²) in [6.07, 6.45) is 4.73. The van der Waals surface area contributed by atoms with Crippen molar-refractivity contribution in [2.45, 2.75) is 0 Å². The van der Waals surface area contributed by atoms with Gasteiger partial charge in [-0.05, 0) is 17.5 Å². The molecule has 0 saturated heterocycles. The lowest BCUT2D eigenvalue weighted by molar-refractivity contribution is 0.324. The molecule has 0 aliphatic rings. The number of nitrogens with two attached hydrogens (primary N) is 1. The Morgan fingerprint density at radius 2 is 1.68 bits per heavy atom. The van der Waals surface area contributed by atoms with E-state index in [2.05, 4.69) is 25.3 Å². The van der Waals surface area contributed by atoms with Crippen LogP contribution >= 0.6 is 0 Å². The second-order valence-corrected chi connectivity index (χ2v) is 6.50. The summed E-state index contributed by atoms with van der Waals surface area (Å²) in [4.78, 5) is 28.0. The molecule has 10 nitrogen and oxygen atoms in total. The van der Waals surface area contributed by atoms with Crippen LogP contribution < -0.4 is 30.8 Å². The first kappa shape index (κ1) is 20.0. The van der Waals surface area contributed by atoms with E-state index in [4.69, 9.17) is 19.9 Å². The topological polar surface area (TPSA) is 137 Å². The van der Waals surface area contributed by atoms with Crippen LogP contribution in [0.5, 0.6) is 17.2 Å². The predicted molar refractivity (Wildman–Crippen MR) is 117 cm³/mol. The summed E-state index contributed by atoms with van der Waals surface area (Å²) in [6.45, 7) is 0. The third-order valence-corrected chi connectivity index (χ3v) is 4.65. The van der Waals surface area contributed by atoms with E-state index in [0.29, 0.717) is 50.8 Å². The van der Waals surface area contributed by atoms with Crippen molar-refractivity contribution in [3.05, 3.63) is 53.2 Å². The van der Waals surface area contributed by atoms with Crippen molar-refractivity contribution in [3.63, 3.8) is 0 Å². The Morgan fingerprint density at radius 1 is 1.00 bits per heavy atom. The van der Waals surface area contributed by atoms with Crippen LogP contribution in [0, 0.1) is 0 Å². The number of methoxy groups -OCH3 is 3. The number of nitrogens with one attached hydrogen (secondary N) is 2. The van der Waals surface area contributed by atoms with Gasteiger partial charge in [-0.3, -0.25) is 4.79 Å². The fourth-order valence-electron chi connectivity index (χ4n) is 3.21. The van der Waals surface area contributed by atoms with Crippen molar-refractivity contribution < 1.29 is 14.2 Å². The summed E-state index contributed by atoms with van der Waals surface area (Å²) in [7, 11) is 4.59. The molecule has 4 N–H and O–H groups in total. The molecule has 31 heavy (non-hydrogen) atoms. The van der Waals surface area contributed by atoms with Gasteiger partial charge < -0.3 is 30.2 Å². The second-order valence-electron chi connectivity index (χ2n) is 6.50. The lowest BCUT2D eigenvalue weighted by atomic mass is 10.1. The monoisotopic (exact) mass is 420 g/mol.